The van der Waals surface area contributed by atoms with Crippen LogP contribution < -0.4 is 0 Å². The van der Waals surface area contributed by atoms with Crippen molar-refractivity contribution in [1.82, 2.24) is 9.88 Å². The van der Waals surface area contributed by atoms with Crippen molar-refractivity contribution in [3.05, 3.63) is 99.3 Å². The number of carboxylic acids is 1. The van der Waals surface area contributed by atoms with Crippen molar-refractivity contribution in [1.29, 1.82) is 0 Å². The fourth-order valence-corrected chi connectivity index (χ4v) is 5.89. The zero-order valence-electron chi connectivity index (χ0n) is 21.3. The first-order chi connectivity index (χ1) is 18.3. The van der Waals surface area contributed by atoms with Crippen LogP contribution in [-0.4, -0.2) is 26.9 Å². The van der Waals surface area contributed by atoms with Gasteiger partial charge < -0.3 is 10.0 Å². The minimum Gasteiger partial charge on any atom is -0.481 e. The molecule has 4 rings (SSSR count). The van der Waals surface area contributed by atoms with Crippen LogP contribution in [0, 0.1) is 5.41 Å². The van der Waals surface area contributed by atoms with Crippen molar-refractivity contribution < 1.29 is 27.9 Å². The Morgan fingerprint density at radius 2 is 1.74 bits per heavy atom. The second-order valence-corrected chi connectivity index (χ2v) is 10.9. The molecule has 0 spiro atoms. The normalized spacial score (nSPS) is 22.5. The van der Waals surface area contributed by atoms with E-state index in [1.165, 1.54) is 17.0 Å². The first-order valence-electron chi connectivity index (χ1n) is 12.4. The lowest BCUT2D eigenvalue weighted by Gasteiger charge is -2.51. The number of carbonyl (C=O) groups excluding carboxylic acids is 1. The Bertz CT molecular complexity index is 1370. The standard InChI is InChI=1S/C29H27Cl2F3N2O3/c1-3-23(22-8-5-9-24(35-22)29(32,33)34)36-26(17-10-12-19(30)13-11-17)21(18-6-4-7-20(31)14-18)15-28(2,27(36)39)16-25(37)38/h4-14,21,23,26H,3,15-16H2,1-2H3,(H,37,38). The lowest BCUT2D eigenvalue weighted by Crippen LogP contribution is -2.53. The molecule has 1 aliphatic rings. The predicted octanol–water partition coefficient (Wildman–Crippen LogP) is 8.10. The van der Waals surface area contributed by atoms with E-state index in [0.717, 1.165) is 11.6 Å². The van der Waals surface area contributed by atoms with E-state index in [0.29, 0.717) is 15.6 Å². The van der Waals surface area contributed by atoms with E-state index >= 15 is 0 Å². The van der Waals surface area contributed by atoms with Crippen LogP contribution in [0.4, 0.5) is 13.2 Å². The summed E-state index contributed by atoms with van der Waals surface area (Å²) in [6.07, 6.45) is -4.68. The second kappa shape index (κ2) is 11.2. The molecule has 1 amide bonds. The van der Waals surface area contributed by atoms with Gasteiger partial charge in [0, 0.05) is 16.0 Å². The van der Waals surface area contributed by atoms with Crippen LogP contribution in [0.3, 0.4) is 0 Å². The molecule has 1 N–H and O–H groups in total. The summed E-state index contributed by atoms with van der Waals surface area (Å²) in [5.74, 6) is -2.04. The number of pyridine rings is 1. The number of halogens is 5. The SMILES string of the molecule is CCC(c1cccc(C(F)(F)F)n1)N1C(=O)C(C)(CC(=O)O)CC(c2cccc(Cl)c2)C1c1ccc(Cl)cc1. The minimum atomic E-state index is -4.67. The van der Waals surface area contributed by atoms with E-state index in [4.69, 9.17) is 23.2 Å². The fourth-order valence-electron chi connectivity index (χ4n) is 5.57. The largest absolute Gasteiger partial charge is 0.481 e. The number of aliphatic carboxylic acids is 1. The number of benzene rings is 2. The summed E-state index contributed by atoms with van der Waals surface area (Å²) in [6, 6.07) is 16.1. The molecule has 4 unspecified atom stereocenters. The number of piperidine rings is 1. The van der Waals surface area contributed by atoms with E-state index in [-0.39, 0.29) is 18.5 Å². The molecule has 1 aliphatic heterocycles. The molecule has 1 aromatic heterocycles. The third kappa shape index (κ3) is 6.07. The molecule has 3 aromatic rings. The third-order valence-corrected chi connectivity index (χ3v) is 7.74. The van der Waals surface area contributed by atoms with Crippen molar-refractivity contribution in [2.75, 3.05) is 0 Å². The highest BCUT2D eigenvalue weighted by Crippen LogP contribution is 2.54. The summed E-state index contributed by atoms with van der Waals surface area (Å²) in [4.78, 5) is 31.7. The van der Waals surface area contributed by atoms with E-state index in [2.05, 4.69) is 4.98 Å². The summed E-state index contributed by atoms with van der Waals surface area (Å²) >= 11 is 12.5. The maximum atomic E-state index is 14.3. The van der Waals surface area contributed by atoms with Gasteiger partial charge in [0.05, 0.1) is 29.6 Å². The number of nitrogens with zero attached hydrogens (tertiary/aromatic N) is 2. The monoisotopic (exact) mass is 578 g/mol. The van der Waals surface area contributed by atoms with Crippen LogP contribution in [0.1, 0.15) is 73.6 Å². The molecular weight excluding hydrogens is 552 g/mol. The van der Waals surface area contributed by atoms with Crippen molar-refractivity contribution in [3.63, 3.8) is 0 Å². The van der Waals surface area contributed by atoms with Gasteiger partial charge in [0.1, 0.15) is 5.69 Å². The highest BCUT2D eigenvalue weighted by molar-refractivity contribution is 6.30. The van der Waals surface area contributed by atoms with Crippen LogP contribution >= 0.6 is 23.2 Å². The number of rotatable bonds is 7. The molecule has 10 heteroatoms. The van der Waals surface area contributed by atoms with Gasteiger partial charge in [-0.25, -0.2) is 4.98 Å². The molecular formula is C29H27Cl2F3N2O3. The molecule has 4 atom stereocenters. The molecule has 0 saturated carbocycles. The van der Waals surface area contributed by atoms with Crippen LogP contribution in [0.2, 0.25) is 10.0 Å². The van der Waals surface area contributed by atoms with Crippen LogP contribution in [-0.2, 0) is 15.8 Å². The number of aromatic nitrogens is 1. The number of amides is 1. The Labute approximate surface area is 234 Å². The number of carboxylic acid groups (broad SMARTS) is 1. The molecule has 39 heavy (non-hydrogen) atoms. The predicted molar refractivity (Wildman–Crippen MR) is 142 cm³/mol. The molecule has 206 valence electrons. The van der Waals surface area contributed by atoms with Gasteiger partial charge in [-0.1, -0.05) is 67.4 Å². The molecule has 0 radical (unpaired) electrons. The lowest BCUT2D eigenvalue weighted by atomic mass is 9.67. The summed E-state index contributed by atoms with van der Waals surface area (Å²) in [6.45, 7) is 3.36. The van der Waals surface area contributed by atoms with Crippen molar-refractivity contribution in [3.8, 4) is 0 Å². The van der Waals surface area contributed by atoms with Gasteiger partial charge in [0.2, 0.25) is 5.91 Å². The average molecular weight is 579 g/mol. The number of hydrogen-bond donors (Lipinski definition) is 1. The number of likely N-dealkylation sites (tertiary alicyclic amines) is 1. The first kappa shape index (κ1) is 28.9. The third-order valence-electron chi connectivity index (χ3n) is 7.26. The highest BCUT2D eigenvalue weighted by Gasteiger charge is 2.52. The van der Waals surface area contributed by atoms with E-state index in [1.807, 2.05) is 6.07 Å². The van der Waals surface area contributed by atoms with E-state index < -0.39 is 53.6 Å². The molecule has 0 aliphatic carbocycles. The number of hydrogen-bond acceptors (Lipinski definition) is 3. The molecule has 2 aromatic carbocycles. The van der Waals surface area contributed by atoms with Gasteiger partial charge >= 0.3 is 12.1 Å². The number of carbonyl (C=O) groups is 2. The Balaban J connectivity index is 1.97. The van der Waals surface area contributed by atoms with Gasteiger partial charge in [-0.15, -0.1) is 0 Å². The van der Waals surface area contributed by atoms with Gasteiger partial charge in [-0.3, -0.25) is 9.59 Å². The molecule has 0 bridgehead atoms. The van der Waals surface area contributed by atoms with Crippen LogP contribution in [0.15, 0.2) is 66.7 Å². The quantitative estimate of drug-likeness (QED) is 0.307. The first-order valence-corrected chi connectivity index (χ1v) is 13.2. The molecule has 1 fully saturated rings. The average Bonchev–Trinajstić information content (AvgIpc) is 2.87. The van der Waals surface area contributed by atoms with Crippen molar-refractivity contribution >= 4 is 35.1 Å². The van der Waals surface area contributed by atoms with Gasteiger partial charge in [0.15, 0.2) is 0 Å². The molecule has 1 saturated heterocycles. The Hall–Kier alpha value is -3.10. The topological polar surface area (TPSA) is 70.5 Å². The second-order valence-electron chi connectivity index (χ2n) is 10.1. The maximum absolute atomic E-state index is 14.3. The molecule has 2 heterocycles. The summed E-state index contributed by atoms with van der Waals surface area (Å²) in [5, 5.41) is 10.7. The summed E-state index contributed by atoms with van der Waals surface area (Å²) < 4.78 is 40.8. The van der Waals surface area contributed by atoms with Crippen LogP contribution in [0.5, 0.6) is 0 Å². The maximum Gasteiger partial charge on any atom is 0.433 e. The zero-order valence-corrected chi connectivity index (χ0v) is 22.8. The Morgan fingerprint density at radius 3 is 2.33 bits per heavy atom. The number of alkyl halides is 3. The van der Waals surface area contributed by atoms with E-state index in [9.17, 15) is 27.9 Å². The van der Waals surface area contributed by atoms with Gasteiger partial charge in [0.25, 0.3) is 0 Å². The Kier molecular flexibility index (Phi) is 8.28. The van der Waals surface area contributed by atoms with Crippen LogP contribution in [0.25, 0.3) is 0 Å². The van der Waals surface area contributed by atoms with E-state index in [1.54, 1.807) is 56.3 Å². The zero-order chi connectivity index (χ0) is 28.5. The Morgan fingerprint density at radius 1 is 1.08 bits per heavy atom. The van der Waals surface area contributed by atoms with Gasteiger partial charge in [-0.05, 0) is 60.4 Å². The highest BCUT2D eigenvalue weighted by atomic mass is 35.5. The minimum absolute atomic E-state index is 0.0732. The van der Waals surface area contributed by atoms with Crippen molar-refractivity contribution in [2.24, 2.45) is 5.41 Å². The fraction of sp³-hybridized carbons (Fsp3) is 0.345. The summed E-state index contributed by atoms with van der Waals surface area (Å²) in [5.41, 5.74) is -0.838. The van der Waals surface area contributed by atoms with Crippen molar-refractivity contribution in [2.45, 2.75) is 57.3 Å². The summed E-state index contributed by atoms with van der Waals surface area (Å²) in [7, 11) is 0. The molecule has 5 nitrogen and oxygen atoms in total. The van der Waals surface area contributed by atoms with Gasteiger partial charge in [-0.2, -0.15) is 13.2 Å². The lowest BCUT2D eigenvalue weighted by molar-refractivity contribution is -0.161. The smallest absolute Gasteiger partial charge is 0.433 e.